The smallest absolute Gasteiger partial charge is 0.226 e. The van der Waals surface area contributed by atoms with E-state index in [-0.39, 0.29) is 5.82 Å². The first-order chi connectivity index (χ1) is 20.3. The Morgan fingerprint density at radius 1 is 1.10 bits per heavy atom. The van der Waals surface area contributed by atoms with Crippen molar-refractivity contribution in [1.82, 2.24) is 34.4 Å². The van der Waals surface area contributed by atoms with Crippen molar-refractivity contribution in [3.05, 3.63) is 73.2 Å². The molecular formula is C30H32FN9O2. The van der Waals surface area contributed by atoms with Gasteiger partial charge in [-0.3, -0.25) is 4.79 Å². The molecule has 1 aliphatic rings. The van der Waals surface area contributed by atoms with Gasteiger partial charge in [0.05, 0.1) is 18.0 Å². The molecule has 216 valence electrons. The second-order valence-electron chi connectivity index (χ2n) is 10.1. The van der Waals surface area contributed by atoms with E-state index in [1.54, 1.807) is 30.2 Å². The van der Waals surface area contributed by atoms with Crippen LogP contribution < -0.4 is 15.0 Å². The predicted octanol–water partition coefficient (Wildman–Crippen LogP) is 4.80. The lowest BCUT2D eigenvalue weighted by Crippen LogP contribution is -2.50. The molecule has 0 spiro atoms. The Morgan fingerprint density at radius 2 is 1.90 bits per heavy atom. The molecule has 6 rings (SSSR count). The highest BCUT2D eigenvalue weighted by Gasteiger charge is 2.23. The maximum absolute atomic E-state index is 14.6. The zero-order chi connectivity index (χ0) is 29.8. The van der Waals surface area contributed by atoms with Gasteiger partial charge < -0.3 is 24.4 Å². The molecule has 2 aromatic carbocycles. The molecule has 0 aliphatic carbocycles. The van der Waals surface area contributed by atoms with E-state index in [1.165, 1.54) is 18.5 Å². The third-order valence-corrected chi connectivity index (χ3v) is 7.11. The summed E-state index contributed by atoms with van der Waals surface area (Å²) in [7, 11) is 3.89. The fraction of sp³-hybridized carbons (Fsp3) is 0.267. The number of carbonyl (C=O) groups excluding carboxylic acids is 1. The summed E-state index contributed by atoms with van der Waals surface area (Å²) in [5.41, 5.74) is 3.99. The Balaban J connectivity index is 0.000000830. The molecule has 11 nitrogen and oxygen atoms in total. The zero-order valence-corrected chi connectivity index (χ0v) is 24.0. The molecule has 4 heterocycles. The van der Waals surface area contributed by atoms with E-state index in [9.17, 15) is 4.39 Å². The van der Waals surface area contributed by atoms with E-state index >= 15 is 0 Å². The van der Waals surface area contributed by atoms with Crippen molar-refractivity contribution < 1.29 is 13.9 Å². The number of allylic oxidation sites excluding steroid dienone is 1. The second-order valence-corrected chi connectivity index (χ2v) is 10.1. The van der Waals surface area contributed by atoms with Crippen molar-refractivity contribution in [3.63, 3.8) is 0 Å². The number of aryl methyl sites for hydroxylation is 2. The van der Waals surface area contributed by atoms with Gasteiger partial charge in [-0.25, -0.2) is 29.3 Å². The van der Waals surface area contributed by atoms with Crippen molar-refractivity contribution in [2.24, 2.45) is 7.05 Å². The van der Waals surface area contributed by atoms with Crippen LogP contribution in [0.2, 0.25) is 0 Å². The number of aromatic nitrogens is 6. The first kappa shape index (κ1) is 28.6. The Hall–Kier alpha value is -4.97. The van der Waals surface area contributed by atoms with Crippen LogP contribution in [-0.4, -0.2) is 73.4 Å². The highest BCUT2D eigenvalue weighted by Crippen LogP contribution is 2.32. The van der Waals surface area contributed by atoms with Crippen LogP contribution in [0.4, 0.5) is 21.8 Å². The topological polar surface area (TPSA) is 114 Å². The first-order valence-electron chi connectivity index (χ1n) is 13.4. The molecule has 0 radical (unpaired) electrons. The van der Waals surface area contributed by atoms with E-state index in [0.717, 1.165) is 30.9 Å². The average molecular weight is 570 g/mol. The van der Waals surface area contributed by atoms with E-state index in [4.69, 9.17) is 14.5 Å². The molecule has 0 bridgehead atoms. The molecule has 5 aromatic rings. The molecule has 0 saturated carbocycles. The minimum Gasteiger partial charge on any atom is -0.457 e. The number of hydrogen-bond acceptors (Lipinski definition) is 10. The number of carbonyl (C=O) groups is 1. The molecular weight excluding hydrogens is 537 g/mol. The van der Waals surface area contributed by atoms with Gasteiger partial charge >= 0.3 is 0 Å². The van der Waals surface area contributed by atoms with Crippen molar-refractivity contribution in [1.29, 1.82) is 0 Å². The number of likely N-dealkylation sites (N-methyl/N-ethyl adjacent to an activating group) is 1. The minimum atomic E-state index is -0.378. The molecule has 42 heavy (non-hydrogen) atoms. The third kappa shape index (κ3) is 6.03. The fourth-order valence-electron chi connectivity index (χ4n) is 4.70. The lowest BCUT2D eigenvalue weighted by molar-refractivity contribution is -0.104. The number of hydrogen-bond donors (Lipinski definition) is 1. The molecule has 1 aliphatic heterocycles. The van der Waals surface area contributed by atoms with Crippen molar-refractivity contribution in [2.45, 2.75) is 19.9 Å². The van der Waals surface area contributed by atoms with Crippen LogP contribution >= 0.6 is 0 Å². The standard InChI is InChI=1S/C27H28FN9O.C3H4O/c1-16-9-18(5-6-23(16)38-19-10-20(28)25-21(11-19)32-15-36(25)4)33-26-24-22(30-14-31-26)12-29-27(34-24)37-8-7-35(3)17(2)13-37;1-2-3-4/h5-6,9-12,14-15,17H,7-8,13H2,1-4H3,(H,30,31,33);2-3H,1H2/t17-;/m1./s1. The Labute approximate surface area is 242 Å². The molecule has 1 fully saturated rings. The molecule has 0 amide bonds. The van der Waals surface area contributed by atoms with Gasteiger partial charge in [0.25, 0.3) is 0 Å². The second kappa shape index (κ2) is 12.3. The molecule has 1 saturated heterocycles. The summed E-state index contributed by atoms with van der Waals surface area (Å²) < 4.78 is 22.2. The van der Waals surface area contributed by atoms with Gasteiger partial charge in [0.15, 0.2) is 11.6 Å². The molecule has 1 N–H and O–H groups in total. The van der Waals surface area contributed by atoms with Crippen molar-refractivity contribution >= 4 is 45.8 Å². The van der Waals surface area contributed by atoms with Gasteiger partial charge in [-0.2, -0.15) is 0 Å². The number of halogens is 1. The number of rotatable bonds is 6. The first-order valence-corrected chi connectivity index (χ1v) is 13.4. The van der Waals surface area contributed by atoms with E-state index in [0.29, 0.717) is 57.7 Å². The van der Waals surface area contributed by atoms with Gasteiger partial charge in [0.2, 0.25) is 5.95 Å². The molecule has 12 heteroatoms. The number of ether oxygens (including phenoxy) is 1. The molecule has 0 unspecified atom stereocenters. The monoisotopic (exact) mass is 569 g/mol. The van der Waals surface area contributed by atoms with Gasteiger partial charge in [-0.05, 0) is 50.7 Å². The zero-order valence-electron chi connectivity index (χ0n) is 24.0. The van der Waals surface area contributed by atoms with Crippen LogP contribution in [0.25, 0.3) is 22.1 Å². The lowest BCUT2D eigenvalue weighted by atomic mass is 10.2. The lowest BCUT2D eigenvalue weighted by Gasteiger charge is -2.37. The van der Waals surface area contributed by atoms with Gasteiger partial charge in [-0.1, -0.05) is 6.58 Å². The van der Waals surface area contributed by atoms with Crippen LogP contribution in [0.15, 0.2) is 61.8 Å². The van der Waals surface area contributed by atoms with Crippen LogP contribution in [0.1, 0.15) is 12.5 Å². The number of nitrogens with zero attached hydrogens (tertiary/aromatic N) is 8. The summed E-state index contributed by atoms with van der Waals surface area (Å²) in [6.45, 7) is 9.92. The number of benzene rings is 2. The van der Waals surface area contributed by atoms with Crippen molar-refractivity contribution in [2.75, 3.05) is 36.9 Å². The van der Waals surface area contributed by atoms with Gasteiger partial charge in [0, 0.05) is 50.5 Å². The van der Waals surface area contributed by atoms with Crippen LogP contribution in [0.3, 0.4) is 0 Å². The van der Waals surface area contributed by atoms with Crippen LogP contribution in [0.5, 0.6) is 11.5 Å². The third-order valence-electron chi connectivity index (χ3n) is 7.11. The highest BCUT2D eigenvalue weighted by molar-refractivity contribution is 5.87. The molecule has 1 atom stereocenters. The molecule has 3 aromatic heterocycles. The van der Waals surface area contributed by atoms with Gasteiger partial charge in [0.1, 0.15) is 40.7 Å². The normalized spacial score (nSPS) is 15.3. The summed E-state index contributed by atoms with van der Waals surface area (Å²) in [6, 6.07) is 9.20. The Bertz CT molecular complexity index is 1750. The number of fused-ring (bicyclic) bond motifs is 2. The summed E-state index contributed by atoms with van der Waals surface area (Å²) in [5, 5.41) is 3.36. The maximum atomic E-state index is 14.6. The Kier molecular flexibility index (Phi) is 8.34. The largest absolute Gasteiger partial charge is 0.457 e. The maximum Gasteiger partial charge on any atom is 0.226 e. The minimum absolute atomic E-state index is 0.378. The Morgan fingerprint density at radius 3 is 2.64 bits per heavy atom. The summed E-state index contributed by atoms with van der Waals surface area (Å²) in [4.78, 5) is 36.0. The average Bonchev–Trinajstić information content (AvgIpc) is 3.36. The summed E-state index contributed by atoms with van der Waals surface area (Å²) in [6.07, 6.45) is 6.66. The number of anilines is 3. The SMILES string of the molecule is C=CC=O.Cc1cc(Nc2ncnc3cnc(N4CCN(C)[C@H](C)C4)nc23)ccc1Oc1cc(F)c2c(c1)ncn2C. The fourth-order valence-corrected chi connectivity index (χ4v) is 4.70. The quantitative estimate of drug-likeness (QED) is 0.226. The number of nitrogens with one attached hydrogen (secondary N) is 1. The number of piperazine rings is 1. The summed E-state index contributed by atoms with van der Waals surface area (Å²) >= 11 is 0. The summed E-state index contributed by atoms with van der Waals surface area (Å²) in [5.74, 6) is 1.90. The van der Waals surface area contributed by atoms with Gasteiger partial charge in [-0.15, -0.1) is 0 Å². The highest BCUT2D eigenvalue weighted by atomic mass is 19.1. The number of imidazole rings is 1. The van der Waals surface area contributed by atoms with E-state index < -0.39 is 0 Å². The van der Waals surface area contributed by atoms with Crippen LogP contribution in [-0.2, 0) is 11.8 Å². The predicted molar refractivity (Wildman–Crippen MR) is 161 cm³/mol. The van der Waals surface area contributed by atoms with E-state index in [2.05, 4.69) is 55.6 Å². The van der Waals surface area contributed by atoms with E-state index in [1.807, 2.05) is 25.1 Å². The van der Waals surface area contributed by atoms with Crippen molar-refractivity contribution in [3.8, 4) is 11.5 Å². The van der Waals surface area contributed by atoms with Crippen LogP contribution in [0, 0.1) is 12.7 Å². The number of aldehydes is 1.